The van der Waals surface area contributed by atoms with Gasteiger partial charge < -0.3 is 4.57 Å². The minimum Gasteiger partial charge on any atom is -0.309 e. The van der Waals surface area contributed by atoms with Gasteiger partial charge in [0.25, 0.3) is 11.1 Å². The van der Waals surface area contributed by atoms with E-state index in [0.717, 1.165) is 32.9 Å². The molecule has 0 unspecified atom stereocenters. The van der Waals surface area contributed by atoms with Gasteiger partial charge >= 0.3 is 0 Å². The van der Waals surface area contributed by atoms with Gasteiger partial charge in [-0.1, -0.05) is 54.6 Å². The Morgan fingerprint density at radius 3 is 1.86 bits per heavy atom. The lowest BCUT2D eigenvalue weighted by atomic mass is 10.0. The molecule has 7 aromatic rings. The van der Waals surface area contributed by atoms with Crippen molar-refractivity contribution >= 4 is 43.4 Å². The summed E-state index contributed by atoms with van der Waals surface area (Å²) in [6.07, 6.45) is 3.21. The van der Waals surface area contributed by atoms with E-state index in [2.05, 4.69) is 33.8 Å². The van der Waals surface area contributed by atoms with Crippen LogP contribution in [0, 0.1) is 0 Å². The van der Waals surface area contributed by atoms with Crippen molar-refractivity contribution in [1.29, 1.82) is 0 Å². The van der Waals surface area contributed by atoms with Crippen LogP contribution in [0.4, 0.5) is 0 Å². The van der Waals surface area contributed by atoms with Gasteiger partial charge in [-0.15, -0.1) is 0 Å². The summed E-state index contributed by atoms with van der Waals surface area (Å²) in [5.74, 6) is 0. The van der Waals surface area contributed by atoms with Crippen LogP contribution in [0.25, 0.3) is 54.7 Å². The quantitative estimate of drug-likeness (QED) is 0.315. The third-order valence-corrected chi connectivity index (χ3v) is 6.82. The molecule has 0 bridgehead atoms. The first kappa shape index (κ1) is 20.4. The number of para-hydroxylation sites is 3. The summed E-state index contributed by atoms with van der Waals surface area (Å²) in [7, 11) is 0. The van der Waals surface area contributed by atoms with Crippen molar-refractivity contribution in [1.82, 2.24) is 14.1 Å². The molecule has 3 aromatic heterocycles. The van der Waals surface area contributed by atoms with Crippen LogP contribution < -0.4 is 11.1 Å². The van der Waals surface area contributed by atoms with Gasteiger partial charge in [-0.05, 0) is 59.3 Å². The van der Waals surface area contributed by atoms with E-state index >= 15 is 0 Å². The van der Waals surface area contributed by atoms with Gasteiger partial charge in [0.05, 0.1) is 27.5 Å². The second-order valence-corrected chi connectivity index (χ2v) is 8.81. The molecule has 0 atom stereocenters. The summed E-state index contributed by atoms with van der Waals surface area (Å²) < 4.78 is 3.43. The fraction of sp³-hybridized carbons (Fsp3) is 0. The van der Waals surface area contributed by atoms with Crippen molar-refractivity contribution < 1.29 is 0 Å². The number of benzene rings is 4. The molecule has 0 radical (unpaired) electrons. The maximum Gasteiger partial charge on any atom is 0.267 e. The maximum absolute atomic E-state index is 14.1. The van der Waals surface area contributed by atoms with Crippen molar-refractivity contribution in [2.45, 2.75) is 0 Å². The number of hydrogen-bond acceptors (Lipinski definition) is 3. The smallest absolute Gasteiger partial charge is 0.267 e. The molecule has 0 aliphatic heterocycles. The zero-order chi connectivity index (χ0) is 24.2. The van der Waals surface area contributed by atoms with Crippen molar-refractivity contribution in [3.8, 4) is 11.4 Å². The first-order valence-electron chi connectivity index (χ1n) is 11.7. The molecule has 3 heterocycles. The van der Waals surface area contributed by atoms with E-state index in [9.17, 15) is 9.59 Å². The number of pyridine rings is 1. The Morgan fingerprint density at radius 1 is 0.472 bits per heavy atom. The summed E-state index contributed by atoms with van der Waals surface area (Å²) in [5, 5.41) is 4.41. The summed E-state index contributed by atoms with van der Waals surface area (Å²) in [6.45, 7) is 0. The number of fused-ring (bicyclic) bond motifs is 6. The van der Waals surface area contributed by atoms with Crippen LogP contribution in [0.2, 0.25) is 0 Å². The Bertz CT molecular complexity index is 2080. The Hall–Kier alpha value is -5.03. The predicted octanol–water partition coefficient (Wildman–Crippen LogP) is 6.00. The fourth-order valence-electron chi connectivity index (χ4n) is 5.21. The van der Waals surface area contributed by atoms with Gasteiger partial charge in [-0.2, -0.15) is 0 Å². The molecule has 0 saturated carbocycles. The Kier molecular flexibility index (Phi) is 4.38. The first-order chi connectivity index (χ1) is 17.7. The van der Waals surface area contributed by atoms with Gasteiger partial charge in [0.15, 0.2) is 0 Å². The average Bonchev–Trinajstić information content (AvgIpc) is 3.22. The van der Waals surface area contributed by atoms with Crippen LogP contribution >= 0.6 is 0 Å². The molecule has 7 rings (SSSR count). The van der Waals surface area contributed by atoms with Crippen molar-refractivity contribution in [2.75, 3.05) is 0 Å². The van der Waals surface area contributed by atoms with Crippen LogP contribution in [-0.2, 0) is 0 Å². The molecule has 36 heavy (non-hydrogen) atoms. The zero-order valence-corrected chi connectivity index (χ0v) is 19.1. The highest BCUT2D eigenvalue weighted by molar-refractivity contribution is 6.17. The summed E-state index contributed by atoms with van der Waals surface area (Å²) in [4.78, 5) is 32.0. The second kappa shape index (κ2) is 7.75. The van der Waals surface area contributed by atoms with Gasteiger partial charge in [0.2, 0.25) is 0 Å². The lowest BCUT2D eigenvalue weighted by Gasteiger charge is -2.08. The van der Waals surface area contributed by atoms with Crippen molar-refractivity contribution in [2.24, 2.45) is 0 Å². The molecule has 0 spiro atoms. The molecule has 170 valence electrons. The van der Waals surface area contributed by atoms with Crippen molar-refractivity contribution in [3.05, 3.63) is 136 Å². The molecule has 4 aromatic carbocycles. The third-order valence-electron chi connectivity index (χ3n) is 6.82. The lowest BCUT2D eigenvalue weighted by Crippen LogP contribution is -2.28. The highest BCUT2D eigenvalue weighted by atomic mass is 16.2. The van der Waals surface area contributed by atoms with E-state index < -0.39 is 0 Å². The van der Waals surface area contributed by atoms with Crippen LogP contribution in [0.5, 0.6) is 0 Å². The van der Waals surface area contributed by atoms with Gasteiger partial charge in [0.1, 0.15) is 0 Å². The predicted molar refractivity (Wildman–Crippen MR) is 145 cm³/mol. The van der Waals surface area contributed by atoms with E-state index in [0.29, 0.717) is 21.8 Å². The van der Waals surface area contributed by atoms with Crippen LogP contribution in [0.15, 0.2) is 125 Å². The highest BCUT2D eigenvalue weighted by Crippen LogP contribution is 2.35. The van der Waals surface area contributed by atoms with Gasteiger partial charge in [-0.25, -0.2) is 4.57 Å². The Balaban J connectivity index is 1.77. The highest BCUT2D eigenvalue weighted by Gasteiger charge is 2.17. The topological polar surface area (TPSA) is 56.9 Å². The number of nitrogens with zero attached hydrogens (tertiary/aromatic N) is 3. The zero-order valence-electron chi connectivity index (χ0n) is 19.1. The van der Waals surface area contributed by atoms with E-state index in [1.165, 1.54) is 4.57 Å². The standard InChI is InChI=1S/C31H19N3O2/c35-30-26-18-29-25(23-13-7-8-14-28(23)33(29)20-9-3-1-4-10-20)17-24(26)22-15-16-32-19-27(22)31(36)34(30)21-11-5-2-6-12-21/h1-19H. The SMILES string of the molecule is O=c1c2cnccc2c2cc3c4ccccc4n(-c4ccccc4)c3cc2c(=O)n1-c1ccccc1. The minimum atomic E-state index is -0.383. The molecule has 0 N–H and O–H groups in total. The Labute approximate surface area is 205 Å². The number of rotatable bonds is 2. The van der Waals surface area contributed by atoms with E-state index in [4.69, 9.17) is 0 Å². The van der Waals surface area contributed by atoms with Crippen LogP contribution in [-0.4, -0.2) is 14.1 Å². The summed E-state index contributed by atoms with van der Waals surface area (Å²) in [5.41, 5.74) is 2.75. The molecule has 5 heteroatoms. The number of hydrogen-bond donors (Lipinski definition) is 0. The average molecular weight is 466 g/mol. The van der Waals surface area contributed by atoms with E-state index in [1.807, 2.05) is 66.7 Å². The monoisotopic (exact) mass is 465 g/mol. The molecule has 5 nitrogen and oxygen atoms in total. The minimum absolute atomic E-state index is 0.357. The van der Waals surface area contributed by atoms with Gasteiger partial charge in [-0.3, -0.25) is 14.6 Å². The molecule has 0 aliphatic carbocycles. The molecule has 0 aliphatic rings. The van der Waals surface area contributed by atoms with Crippen molar-refractivity contribution in [3.63, 3.8) is 0 Å². The van der Waals surface area contributed by atoms with E-state index in [-0.39, 0.29) is 11.1 Å². The second-order valence-electron chi connectivity index (χ2n) is 8.81. The van der Waals surface area contributed by atoms with E-state index in [1.54, 1.807) is 24.5 Å². The van der Waals surface area contributed by atoms with Crippen LogP contribution in [0.3, 0.4) is 0 Å². The van der Waals surface area contributed by atoms with Gasteiger partial charge in [0, 0.05) is 28.9 Å². The molecule has 0 amide bonds. The summed E-state index contributed by atoms with van der Waals surface area (Å²) >= 11 is 0. The lowest BCUT2D eigenvalue weighted by molar-refractivity contribution is 0.975. The van der Waals surface area contributed by atoms with Crippen LogP contribution in [0.1, 0.15) is 0 Å². The Morgan fingerprint density at radius 2 is 1.11 bits per heavy atom. The number of aromatic nitrogens is 3. The molecular formula is C31H19N3O2. The normalized spacial score (nSPS) is 11.6. The molecule has 0 fully saturated rings. The summed E-state index contributed by atoms with van der Waals surface area (Å²) in [6, 6.07) is 33.2. The first-order valence-corrected chi connectivity index (χ1v) is 11.7. The third kappa shape index (κ3) is 2.86. The largest absolute Gasteiger partial charge is 0.309 e. The molecular weight excluding hydrogens is 446 g/mol. The molecule has 0 saturated heterocycles. The fourth-order valence-corrected chi connectivity index (χ4v) is 5.21. The maximum atomic E-state index is 14.1.